The largest absolute Gasteiger partial charge is 0.493 e. The molecule has 3 aromatic rings. The lowest BCUT2D eigenvalue weighted by Gasteiger charge is -2.41. The van der Waals surface area contributed by atoms with Gasteiger partial charge in [-0.25, -0.2) is 13.9 Å². The third-order valence-corrected chi connectivity index (χ3v) is 9.03. The second-order valence-electron chi connectivity index (χ2n) is 11.2. The number of amides is 1. The van der Waals surface area contributed by atoms with Crippen LogP contribution in [0.2, 0.25) is 30.7 Å². The molecule has 1 saturated heterocycles. The minimum absolute atomic E-state index is 0.263. The minimum Gasteiger partial charge on any atom is -0.493 e. The maximum absolute atomic E-state index is 13.7. The van der Waals surface area contributed by atoms with Gasteiger partial charge in [0.05, 0.1) is 6.61 Å². The van der Waals surface area contributed by atoms with Crippen LogP contribution in [0.1, 0.15) is 24.0 Å². The number of ether oxygens (including phenoxy) is 2. The lowest BCUT2D eigenvalue weighted by atomic mass is 9.73. The zero-order valence-electron chi connectivity index (χ0n) is 22.2. The minimum atomic E-state index is -1.18. The van der Waals surface area contributed by atoms with Gasteiger partial charge in [-0.05, 0) is 48.7 Å². The van der Waals surface area contributed by atoms with Crippen molar-refractivity contribution in [3.63, 3.8) is 0 Å². The molecule has 0 aliphatic carbocycles. The highest BCUT2D eigenvalue weighted by molar-refractivity contribution is 6.76. The van der Waals surface area contributed by atoms with Gasteiger partial charge in [0.2, 0.25) is 0 Å². The smallest absolute Gasteiger partial charge is 0.407 e. The number of carboxylic acid groups (broad SMARTS) is 1. The molecule has 1 aliphatic rings. The Hall–Kier alpha value is -2.88. The van der Waals surface area contributed by atoms with Crippen LogP contribution in [0.3, 0.4) is 0 Å². The molecule has 38 heavy (non-hydrogen) atoms. The van der Waals surface area contributed by atoms with E-state index >= 15 is 0 Å². The van der Waals surface area contributed by atoms with E-state index in [2.05, 4.69) is 26.2 Å². The molecule has 1 amide bonds. The summed E-state index contributed by atoms with van der Waals surface area (Å²) in [5.41, 5.74) is 1.83. The van der Waals surface area contributed by atoms with Gasteiger partial charge in [0.25, 0.3) is 0 Å². The normalized spacial score (nSPS) is 15.6. The number of rotatable bonds is 10. The third kappa shape index (κ3) is 6.75. The molecule has 4 rings (SSSR count). The average molecular weight is 560 g/mol. The fraction of sp³-hybridized carbons (Fsp3) is 0.429. The van der Waals surface area contributed by atoms with Crippen LogP contribution in [-0.4, -0.2) is 60.3 Å². The van der Waals surface area contributed by atoms with Crippen LogP contribution < -0.4 is 0 Å². The van der Waals surface area contributed by atoms with E-state index in [1.54, 1.807) is 22.9 Å². The van der Waals surface area contributed by atoms with Gasteiger partial charge >= 0.3 is 6.09 Å². The van der Waals surface area contributed by atoms with Crippen molar-refractivity contribution in [2.45, 2.75) is 50.7 Å². The van der Waals surface area contributed by atoms with Crippen LogP contribution in [0.25, 0.3) is 16.7 Å². The lowest BCUT2D eigenvalue weighted by molar-refractivity contribution is 0.0790. The van der Waals surface area contributed by atoms with Gasteiger partial charge in [-0.2, -0.15) is 5.10 Å². The molecule has 204 valence electrons. The number of likely N-dealkylation sites (tertiary alicyclic amines) is 1. The second-order valence-corrected chi connectivity index (χ2v) is 17.2. The number of aromatic nitrogens is 2. The van der Waals surface area contributed by atoms with Crippen LogP contribution in [0.5, 0.6) is 0 Å². The maximum atomic E-state index is 13.7. The Morgan fingerprint density at radius 2 is 1.89 bits per heavy atom. The first-order chi connectivity index (χ1) is 18.0. The number of hydrogen-bond acceptors (Lipinski definition) is 4. The highest BCUT2D eigenvalue weighted by Gasteiger charge is 2.38. The highest BCUT2D eigenvalue weighted by atomic mass is 35.5. The Labute approximate surface area is 228 Å². The van der Waals surface area contributed by atoms with Gasteiger partial charge in [0.15, 0.2) is 0 Å². The van der Waals surface area contributed by atoms with E-state index in [9.17, 15) is 14.3 Å². The molecular weight excluding hydrogens is 525 g/mol. The summed E-state index contributed by atoms with van der Waals surface area (Å²) in [6.45, 7) is 13.2. The quantitative estimate of drug-likeness (QED) is 0.167. The van der Waals surface area contributed by atoms with Crippen molar-refractivity contribution in [1.29, 1.82) is 0 Å². The molecule has 1 aliphatic heterocycles. The van der Waals surface area contributed by atoms with Crippen molar-refractivity contribution < 1.29 is 23.8 Å². The molecule has 1 fully saturated rings. The summed E-state index contributed by atoms with van der Waals surface area (Å²) >= 11 is 6.43. The van der Waals surface area contributed by atoms with Crippen LogP contribution in [0, 0.1) is 5.82 Å². The molecule has 0 bridgehead atoms. The number of halogens is 2. The summed E-state index contributed by atoms with van der Waals surface area (Å²) < 4.78 is 27.5. The Bertz CT molecular complexity index is 1300. The first kappa shape index (κ1) is 28.1. The van der Waals surface area contributed by atoms with Crippen molar-refractivity contribution in [1.82, 2.24) is 14.7 Å². The van der Waals surface area contributed by atoms with E-state index in [0.717, 1.165) is 17.0 Å². The zero-order chi connectivity index (χ0) is 27.5. The van der Waals surface area contributed by atoms with Crippen molar-refractivity contribution in [2.24, 2.45) is 0 Å². The number of benzene rings is 2. The Morgan fingerprint density at radius 3 is 2.53 bits per heavy atom. The van der Waals surface area contributed by atoms with Crippen molar-refractivity contribution in [2.75, 3.05) is 26.3 Å². The Balaban J connectivity index is 1.52. The van der Waals surface area contributed by atoms with E-state index in [-0.39, 0.29) is 12.4 Å². The zero-order valence-corrected chi connectivity index (χ0v) is 23.9. The number of piperidine rings is 1. The van der Waals surface area contributed by atoms with Crippen molar-refractivity contribution in [3.8, 4) is 0 Å². The first-order valence-electron chi connectivity index (χ1n) is 12.8. The van der Waals surface area contributed by atoms with Gasteiger partial charge in [-0.3, -0.25) is 0 Å². The fourth-order valence-corrected chi connectivity index (χ4v) is 5.70. The summed E-state index contributed by atoms with van der Waals surface area (Å²) in [7, 11) is -1.18. The summed E-state index contributed by atoms with van der Waals surface area (Å²) in [6, 6.07) is 11.1. The summed E-state index contributed by atoms with van der Waals surface area (Å²) in [5, 5.41) is 15.5. The number of fused-ring (bicyclic) bond motifs is 1. The summed E-state index contributed by atoms with van der Waals surface area (Å²) in [4.78, 5) is 12.9. The van der Waals surface area contributed by atoms with Crippen LogP contribution >= 0.6 is 11.6 Å². The predicted molar refractivity (Wildman–Crippen MR) is 151 cm³/mol. The van der Waals surface area contributed by atoms with E-state index in [4.69, 9.17) is 26.2 Å². The molecule has 0 saturated carbocycles. The van der Waals surface area contributed by atoms with E-state index in [1.165, 1.54) is 17.0 Å². The first-order valence-corrected chi connectivity index (χ1v) is 16.8. The molecule has 2 aromatic carbocycles. The van der Waals surface area contributed by atoms with Crippen molar-refractivity contribution in [3.05, 3.63) is 71.1 Å². The van der Waals surface area contributed by atoms with Gasteiger partial charge in [-0.1, -0.05) is 50.0 Å². The molecule has 0 spiro atoms. The Morgan fingerprint density at radius 1 is 1.21 bits per heavy atom. The molecular formula is C28H35ClFN3O4Si. The van der Waals surface area contributed by atoms with Gasteiger partial charge in [-0.15, -0.1) is 0 Å². The molecule has 7 nitrogen and oxygen atoms in total. The number of carbonyl (C=O) groups is 1. The topological polar surface area (TPSA) is 76.8 Å². The van der Waals surface area contributed by atoms with E-state index < -0.39 is 19.6 Å². The SMILES string of the molecule is C=C(OCC1(c2ccc(F)cc2)CCN(C(=O)O)CC1)c1cc(Cl)cc2cn(COCC[Si](C)(C)C)nc12. The maximum Gasteiger partial charge on any atom is 0.407 e. The third-order valence-electron chi connectivity index (χ3n) is 7.11. The summed E-state index contributed by atoms with van der Waals surface area (Å²) in [5.74, 6) is 0.100. The monoisotopic (exact) mass is 559 g/mol. The molecule has 2 heterocycles. The predicted octanol–water partition coefficient (Wildman–Crippen LogP) is 6.84. The second kappa shape index (κ2) is 11.5. The fourth-order valence-electron chi connectivity index (χ4n) is 4.71. The highest BCUT2D eigenvalue weighted by Crippen LogP contribution is 2.38. The number of nitrogens with zero attached hydrogens (tertiary/aromatic N) is 3. The van der Waals surface area contributed by atoms with Crippen LogP contribution in [0.15, 0.2) is 49.2 Å². The van der Waals surface area contributed by atoms with Crippen LogP contribution in [-0.2, 0) is 21.6 Å². The molecule has 0 unspecified atom stereocenters. The van der Waals surface area contributed by atoms with E-state index in [0.29, 0.717) is 61.1 Å². The van der Waals surface area contributed by atoms with Gasteiger partial charge in [0.1, 0.15) is 23.8 Å². The lowest BCUT2D eigenvalue weighted by Crippen LogP contribution is -2.46. The standard InChI is InChI=1S/C28H35ClFN3O4Si/c1-20(25-16-23(29)15-21-17-33(31-26(21)25)19-36-13-14-38(2,3)4)37-18-28(22-5-7-24(30)8-6-22)9-11-32(12-10-28)27(34)35/h5-8,15-17H,1,9-14,18-19H2,2-4H3,(H,34,35). The molecule has 1 aromatic heterocycles. The molecule has 1 N–H and O–H groups in total. The Kier molecular flexibility index (Phi) is 8.49. The number of hydrogen-bond donors (Lipinski definition) is 1. The molecule has 0 radical (unpaired) electrons. The van der Waals surface area contributed by atoms with Crippen molar-refractivity contribution >= 4 is 42.4 Å². The summed E-state index contributed by atoms with van der Waals surface area (Å²) in [6.07, 6.45) is 2.05. The van der Waals surface area contributed by atoms with Crippen LogP contribution in [0.4, 0.5) is 9.18 Å². The van der Waals surface area contributed by atoms with E-state index in [1.807, 2.05) is 12.3 Å². The molecule has 0 atom stereocenters. The van der Waals surface area contributed by atoms with Gasteiger partial charge in [0, 0.05) is 55.4 Å². The molecule has 10 heteroatoms. The average Bonchev–Trinajstić information content (AvgIpc) is 3.27. The van der Waals surface area contributed by atoms with Gasteiger partial charge < -0.3 is 19.5 Å².